The molecule has 0 bridgehead atoms. The molecule has 9 heteroatoms. The number of halogens is 2. The largest absolute Gasteiger partial charge is 0.471 e. The summed E-state index contributed by atoms with van der Waals surface area (Å²) >= 11 is 5.69. The predicted molar refractivity (Wildman–Crippen MR) is 84.1 cm³/mol. The topological polar surface area (TPSA) is 68.6 Å². The Morgan fingerprint density at radius 3 is 2.92 bits per heavy atom. The average Bonchev–Trinajstić information content (AvgIpc) is 3.06. The molecule has 1 aliphatic heterocycles. The lowest BCUT2D eigenvalue weighted by molar-refractivity contribution is 0.0124. The van der Waals surface area contributed by atoms with Crippen LogP contribution in [0.4, 0.5) is 4.39 Å². The molecule has 2 heterocycles. The van der Waals surface area contributed by atoms with Crippen molar-refractivity contribution in [3.63, 3.8) is 0 Å². The number of amides is 1. The molecule has 7 nitrogen and oxygen atoms in total. The lowest BCUT2D eigenvalue weighted by atomic mass is 10.3. The fourth-order valence-corrected chi connectivity index (χ4v) is 2.31. The van der Waals surface area contributed by atoms with Crippen LogP contribution in [0.1, 0.15) is 10.5 Å². The summed E-state index contributed by atoms with van der Waals surface area (Å²) < 4.78 is 25.2. The number of carbonyl (C=O) groups is 1. The molecule has 0 unspecified atom stereocenters. The number of morpholine rings is 1. The van der Waals surface area contributed by atoms with E-state index in [9.17, 15) is 9.18 Å². The van der Waals surface area contributed by atoms with Crippen LogP contribution in [0, 0.1) is 5.82 Å². The van der Waals surface area contributed by atoms with E-state index in [1.54, 1.807) is 17.3 Å². The van der Waals surface area contributed by atoms with Gasteiger partial charge in [0, 0.05) is 25.4 Å². The van der Waals surface area contributed by atoms with Crippen molar-refractivity contribution in [2.45, 2.75) is 6.73 Å². The van der Waals surface area contributed by atoms with Crippen molar-refractivity contribution < 1.29 is 18.7 Å². The van der Waals surface area contributed by atoms with Gasteiger partial charge in [-0.15, -0.1) is 0 Å². The number of hydrogen-bond donors (Lipinski definition) is 1. The van der Waals surface area contributed by atoms with Gasteiger partial charge in [-0.3, -0.25) is 10.2 Å². The summed E-state index contributed by atoms with van der Waals surface area (Å²) in [4.78, 5) is 12.1. The zero-order valence-electron chi connectivity index (χ0n) is 12.7. The first-order chi connectivity index (χ1) is 11.6. The monoisotopic (exact) mass is 354 g/mol. The van der Waals surface area contributed by atoms with Crippen molar-refractivity contribution in [3.05, 3.63) is 47.0 Å². The molecular formula is C15H16ClFN4O3. The van der Waals surface area contributed by atoms with Crippen LogP contribution in [0.2, 0.25) is 5.02 Å². The van der Waals surface area contributed by atoms with Crippen molar-refractivity contribution in [3.8, 4) is 5.75 Å². The van der Waals surface area contributed by atoms with Gasteiger partial charge in [-0.2, -0.15) is 5.10 Å². The molecule has 1 aliphatic rings. The molecule has 128 valence electrons. The van der Waals surface area contributed by atoms with Crippen LogP contribution in [-0.2, 0) is 11.5 Å². The minimum Gasteiger partial charge on any atom is -0.471 e. The number of hydrogen-bond acceptors (Lipinski definition) is 5. The summed E-state index contributed by atoms with van der Waals surface area (Å²) in [6.07, 6.45) is 1.62. The van der Waals surface area contributed by atoms with E-state index in [1.807, 2.05) is 0 Å². The van der Waals surface area contributed by atoms with Gasteiger partial charge in [0.15, 0.2) is 12.4 Å². The highest BCUT2D eigenvalue weighted by Crippen LogP contribution is 2.21. The van der Waals surface area contributed by atoms with E-state index in [0.717, 1.165) is 0 Å². The Balaban J connectivity index is 1.54. The average molecular weight is 355 g/mol. The number of ether oxygens (including phenoxy) is 2. The van der Waals surface area contributed by atoms with Gasteiger partial charge in [-0.1, -0.05) is 11.6 Å². The van der Waals surface area contributed by atoms with Crippen LogP contribution in [0.5, 0.6) is 5.75 Å². The Bertz CT molecular complexity index is 718. The van der Waals surface area contributed by atoms with Gasteiger partial charge in [0.25, 0.3) is 5.91 Å². The molecule has 1 fully saturated rings. The fraction of sp³-hybridized carbons (Fsp3) is 0.333. The van der Waals surface area contributed by atoms with Crippen LogP contribution < -0.4 is 10.2 Å². The lowest BCUT2D eigenvalue weighted by Crippen LogP contribution is -2.48. The van der Waals surface area contributed by atoms with Crippen molar-refractivity contribution in [1.82, 2.24) is 20.2 Å². The van der Waals surface area contributed by atoms with Crippen molar-refractivity contribution in [1.29, 1.82) is 0 Å². The molecule has 0 aliphatic carbocycles. The Morgan fingerprint density at radius 2 is 2.17 bits per heavy atom. The number of aromatic nitrogens is 2. The third kappa shape index (κ3) is 4.22. The van der Waals surface area contributed by atoms with Gasteiger partial charge in [-0.25, -0.2) is 14.1 Å². The second-order valence-electron chi connectivity index (χ2n) is 5.13. The molecule has 1 aromatic carbocycles. The molecule has 1 aromatic heterocycles. The summed E-state index contributed by atoms with van der Waals surface area (Å²) in [6.45, 7) is 2.53. The molecule has 1 N–H and O–H groups in total. The molecule has 3 rings (SSSR count). The highest BCUT2D eigenvalue weighted by atomic mass is 35.5. The lowest BCUT2D eigenvalue weighted by Gasteiger charge is -2.26. The van der Waals surface area contributed by atoms with E-state index in [2.05, 4.69) is 10.5 Å². The van der Waals surface area contributed by atoms with Crippen molar-refractivity contribution in [2.24, 2.45) is 0 Å². The van der Waals surface area contributed by atoms with Crippen molar-refractivity contribution in [2.75, 3.05) is 26.3 Å². The maximum atomic E-state index is 13.1. The third-order valence-electron chi connectivity index (χ3n) is 3.40. The highest BCUT2D eigenvalue weighted by Gasteiger charge is 2.16. The normalized spacial score (nSPS) is 15.2. The Kier molecular flexibility index (Phi) is 5.29. The Labute approximate surface area is 142 Å². The number of carbonyl (C=O) groups excluding carboxylic acids is 1. The minimum absolute atomic E-state index is 0.0152. The zero-order valence-corrected chi connectivity index (χ0v) is 13.5. The maximum Gasteiger partial charge on any atom is 0.286 e. The summed E-state index contributed by atoms with van der Waals surface area (Å²) in [7, 11) is 0. The molecular weight excluding hydrogens is 339 g/mol. The number of benzene rings is 1. The standard InChI is InChI=1S/C15H16ClFN4O3/c16-12-9-11(1-2-13(12)17)24-10-21-4-3-14(18-21)15(22)19-20-5-7-23-8-6-20/h1-4,9H,5-8,10H2,(H,19,22). The molecule has 0 spiro atoms. The second-order valence-corrected chi connectivity index (χ2v) is 5.54. The number of hydrazine groups is 1. The molecule has 1 amide bonds. The first-order valence-corrected chi connectivity index (χ1v) is 7.74. The SMILES string of the molecule is O=C(NN1CCOCC1)c1ccn(COc2ccc(F)c(Cl)c2)n1. The minimum atomic E-state index is -0.509. The molecule has 24 heavy (non-hydrogen) atoms. The van der Waals surface area contributed by atoms with E-state index < -0.39 is 5.82 Å². The van der Waals surface area contributed by atoms with Crippen LogP contribution in [0.15, 0.2) is 30.5 Å². The fourth-order valence-electron chi connectivity index (χ4n) is 2.14. The molecule has 0 saturated carbocycles. The van der Waals surface area contributed by atoms with Gasteiger partial charge in [0.05, 0.1) is 18.2 Å². The Morgan fingerprint density at radius 1 is 1.38 bits per heavy atom. The summed E-state index contributed by atoms with van der Waals surface area (Å²) in [5, 5.41) is 5.92. The highest BCUT2D eigenvalue weighted by molar-refractivity contribution is 6.30. The van der Waals surface area contributed by atoms with E-state index >= 15 is 0 Å². The molecule has 0 radical (unpaired) electrons. The number of nitrogens with one attached hydrogen (secondary N) is 1. The quantitative estimate of drug-likeness (QED) is 0.885. The number of rotatable bonds is 5. The summed E-state index contributed by atoms with van der Waals surface area (Å²) in [5.41, 5.74) is 3.05. The number of nitrogens with zero attached hydrogens (tertiary/aromatic N) is 3. The van der Waals surface area contributed by atoms with E-state index in [4.69, 9.17) is 21.1 Å². The van der Waals surface area contributed by atoms with Crippen LogP contribution in [0.25, 0.3) is 0 Å². The zero-order chi connectivity index (χ0) is 16.9. The second kappa shape index (κ2) is 7.61. The van der Waals surface area contributed by atoms with Gasteiger partial charge in [-0.05, 0) is 18.2 Å². The predicted octanol–water partition coefficient (Wildman–Crippen LogP) is 1.69. The van der Waals surface area contributed by atoms with Crippen LogP contribution >= 0.6 is 11.6 Å². The first-order valence-electron chi connectivity index (χ1n) is 7.37. The molecule has 1 saturated heterocycles. The van der Waals surface area contributed by atoms with Gasteiger partial charge in [0.1, 0.15) is 11.6 Å². The Hall–Kier alpha value is -2.16. The van der Waals surface area contributed by atoms with Gasteiger partial charge in [0.2, 0.25) is 0 Å². The van der Waals surface area contributed by atoms with Gasteiger partial charge >= 0.3 is 0 Å². The van der Waals surface area contributed by atoms with Gasteiger partial charge < -0.3 is 9.47 Å². The van der Waals surface area contributed by atoms with E-state index in [0.29, 0.717) is 32.1 Å². The van der Waals surface area contributed by atoms with Crippen molar-refractivity contribution >= 4 is 17.5 Å². The smallest absolute Gasteiger partial charge is 0.286 e. The van der Waals surface area contributed by atoms with E-state index in [-0.39, 0.29) is 23.4 Å². The first kappa shape index (κ1) is 16.7. The molecule has 0 atom stereocenters. The summed E-state index contributed by atoms with van der Waals surface area (Å²) in [5.74, 6) is -0.387. The van der Waals surface area contributed by atoms with Crippen LogP contribution in [-0.4, -0.2) is 47.0 Å². The maximum absolute atomic E-state index is 13.1. The summed E-state index contributed by atoms with van der Waals surface area (Å²) in [6, 6.07) is 5.67. The van der Waals surface area contributed by atoms with E-state index in [1.165, 1.54) is 22.9 Å². The third-order valence-corrected chi connectivity index (χ3v) is 3.69. The molecule has 2 aromatic rings. The van der Waals surface area contributed by atoms with Crippen LogP contribution in [0.3, 0.4) is 0 Å².